The van der Waals surface area contributed by atoms with Crippen LogP contribution in [-0.4, -0.2) is 36.3 Å². The Hall–Kier alpha value is -1.26. The Kier molecular flexibility index (Phi) is 10.7. The monoisotopic (exact) mass is 315 g/mol. The lowest BCUT2D eigenvalue weighted by Crippen LogP contribution is -2.42. The number of nitrogens with zero attached hydrogens (tertiary/aromatic N) is 1. The molecule has 0 unspecified atom stereocenters. The van der Waals surface area contributed by atoms with Crippen molar-refractivity contribution in [2.45, 2.75) is 84.7 Å². The third-order valence-corrected chi connectivity index (χ3v) is 3.82. The lowest BCUT2D eigenvalue weighted by Gasteiger charge is -2.27. The minimum Gasteiger partial charge on any atom is -0.452 e. The molecule has 22 heavy (non-hydrogen) atoms. The van der Waals surface area contributed by atoms with Gasteiger partial charge < -0.3 is 9.47 Å². The molecular weight excluding hydrogens is 282 g/mol. The number of methoxy groups -OCH3 is 1. The van der Waals surface area contributed by atoms with Gasteiger partial charge in [0.2, 0.25) is 0 Å². The molecule has 0 saturated carbocycles. The molecule has 0 N–H and O–H groups in total. The zero-order chi connectivity index (χ0) is 17.0. The van der Waals surface area contributed by atoms with Gasteiger partial charge >= 0.3 is 12.2 Å². The molecule has 0 aliphatic heterocycles. The third-order valence-electron chi connectivity index (χ3n) is 3.82. The van der Waals surface area contributed by atoms with Crippen LogP contribution in [0.5, 0.6) is 0 Å². The van der Waals surface area contributed by atoms with Crippen LogP contribution in [0.25, 0.3) is 0 Å². The van der Waals surface area contributed by atoms with E-state index in [-0.39, 0.29) is 0 Å². The molecule has 0 aromatic rings. The predicted molar refractivity (Wildman–Crippen MR) is 88.0 cm³/mol. The summed E-state index contributed by atoms with van der Waals surface area (Å²) in [4.78, 5) is 24.9. The smallest absolute Gasteiger partial charge is 0.419 e. The molecule has 0 heterocycles. The highest BCUT2D eigenvalue weighted by atomic mass is 16.6. The Balaban J connectivity index is 4.24. The summed E-state index contributed by atoms with van der Waals surface area (Å²) in [5, 5.41) is 0. The van der Waals surface area contributed by atoms with Crippen LogP contribution in [0.2, 0.25) is 0 Å². The molecular formula is C17H33NO4. The van der Waals surface area contributed by atoms with E-state index in [9.17, 15) is 9.59 Å². The summed E-state index contributed by atoms with van der Waals surface area (Å²) in [7, 11) is 1.28. The van der Waals surface area contributed by atoms with E-state index in [0.29, 0.717) is 13.0 Å². The topological polar surface area (TPSA) is 55.8 Å². The standard InChI is InChI=1S/C17H33NO4/c1-6-8-9-10-11-12-13-14-18(15(19)21-5)16(20)22-17(3,4)7-2/h6-14H2,1-5H3. The first-order valence-electron chi connectivity index (χ1n) is 8.46. The number of carbonyl (C=O) groups excluding carboxylic acids is 2. The van der Waals surface area contributed by atoms with Crippen LogP contribution in [0.1, 0.15) is 79.1 Å². The zero-order valence-corrected chi connectivity index (χ0v) is 14.9. The minimum absolute atomic E-state index is 0.346. The molecule has 0 fully saturated rings. The van der Waals surface area contributed by atoms with Gasteiger partial charge in [0.25, 0.3) is 0 Å². The molecule has 0 aromatic carbocycles. The van der Waals surface area contributed by atoms with Crippen molar-refractivity contribution in [1.29, 1.82) is 0 Å². The first-order valence-corrected chi connectivity index (χ1v) is 8.46. The fourth-order valence-corrected chi connectivity index (χ4v) is 1.96. The van der Waals surface area contributed by atoms with Gasteiger partial charge in [0.05, 0.1) is 7.11 Å². The molecule has 0 spiro atoms. The van der Waals surface area contributed by atoms with Gasteiger partial charge in [0.15, 0.2) is 0 Å². The van der Waals surface area contributed by atoms with E-state index >= 15 is 0 Å². The zero-order valence-electron chi connectivity index (χ0n) is 14.9. The molecule has 5 heteroatoms. The van der Waals surface area contributed by atoms with Crippen molar-refractivity contribution in [3.05, 3.63) is 0 Å². The summed E-state index contributed by atoms with van der Waals surface area (Å²) in [5.41, 5.74) is -0.580. The number of unbranched alkanes of at least 4 members (excludes halogenated alkanes) is 6. The normalized spacial score (nSPS) is 11.1. The van der Waals surface area contributed by atoms with Crippen molar-refractivity contribution >= 4 is 12.2 Å². The van der Waals surface area contributed by atoms with Crippen LogP contribution in [0.3, 0.4) is 0 Å². The highest BCUT2D eigenvalue weighted by Crippen LogP contribution is 2.16. The van der Waals surface area contributed by atoms with Crippen LogP contribution in [0, 0.1) is 0 Å². The predicted octanol–water partition coefficient (Wildman–Crippen LogP) is 5.13. The summed E-state index contributed by atoms with van der Waals surface area (Å²) >= 11 is 0. The SMILES string of the molecule is CCCCCCCCCN(C(=O)OC)C(=O)OC(C)(C)CC. The summed E-state index contributed by atoms with van der Waals surface area (Å²) in [6, 6.07) is 0. The summed E-state index contributed by atoms with van der Waals surface area (Å²) in [6.45, 7) is 8.13. The van der Waals surface area contributed by atoms with Crippen molar-refractivity contribution in [3.63, 3.8) is 0 Å². The Morgan fingerprint density at radius 1 is 0.909 bits per heavy atom. The number of ether oxygens (including phenoxy) is 2. The van der Waals surface area contributed by atoms with Gasteiger partial charge in [-0.05, 0) is 26.7 Å². The van der Waals surface area contributed by atoms with E-state index in [0.717, 1.165) is 24.2 Å². The average Bonchev–Trinajstić information content (AvgIpc) is 2.48. The Morgan fingerprint density at radius 3 is 1.95 bits per heavy atom. The van der Waals surface area contributed by atoms with E-state index in [1.54, 1.807) is 0 Å². The summed E-state index contributed by atoms with van der Waals surface area (Å²) < 4.78 is 10.0. The second-order valence-corrected chi connectivity index (χ2v) is 6.22. The number of rotatable bonds is 10. The van der Waals surface area contributed by atoms with Gasteiger partial charge in [-0.15, -0.1) is 0 Å². The van der Waals surface area contributed by atoms with Crippen LogP contribution in [0.4, 0.5) is 9.59 Å². The van der Waals surface area contributed by atoms with Gasteiger partial charge in [-0.1, -0.05) is 52.4 Å². The van der Waals surface area contributed by atoms with Crippen molar-refractivity contribution in [2.24, 2.45) is 0 Å². The number of hydrogen-bond donors (Lipinski definition) is 0. The van der Waals surface area contributed by atoms with Crippen molar-refractivity contribution in [2.75, 3.05) is 13.7 Å². The Bertz CT molecular complexity index is 329. The van der Waals surface area contributed by atoms with Crippen molar-refractivity contribution in [3.8, 4) is 0 Å². The van der Waals surface area contributed by atoms with Crippen LogP contribution in [-0.2, 0) is 9.47 Å². The van der Waals surface area contributed by atoms with Gasteiger partial charge in [0.1, 0.15) is 5.60 Å². The molecule has 0 rings (SSSR count). The number of carbonyl (C=O) groups is 2. The van der Waals surface area contributed by atoms with Crippen LogP contribution < -0.4 is 0 Å². The van der Waals surface area contributed by atoms with Gasteiger partial charge in [-0.2, -0.15) is 0 Å². The average molecular weight is 315 g/mol. The highest BCUT2D eigenvalue weighted by Gasteiger charge is 2.28. The molecule has 0 radical (unpaired) electrons. The number of hydrogen-bond acceptors (Lipinski definition) is 4. The molecule has 0 aromatic heterocycles. The number of amides is 2. The van der Waals surface area contributed by atoms with E-state index in [1.165, 1.54) is 32.8 Å². The molecule has 0 aliphatic rings. The highest BCUT2D eigenvalue weighted by molar-refractivity contribution is 5.87. The maximum absolute atomic E-state index is 12.1. The fourth-order valence-electron chi connectivity index (χ4n) is 1.96. The molecule has 2 amide bonds. The molecule has 0 aliphatic carbocycles. The molecule has 0 atom stereocenters. The van der Waals surface area contributed by atoms with Gasteiger partial charge in [-0.25, -0.2) is 14.5 Å². The van der Waals surface area contributed by atoms with E-state index in [4.69, 9.17) is 4.74 Å². The lowest BCUT2D eigenvalue weighted by molar-refractivity contribution is 0.0117. The second-order valence-electron chi connectivity index (χ2n) is 6.22. The number of imide groups is 1. The van der Waals surface area contributed by atoms with Gasteiger partial charge in [-0.3, -0.25) is 0 Å². The van der Waals surface area contributed by atoms with E-state index < -0.39 is 17.8 Å². The van der Waals surface area contributed by atoms with Gasteiger partial charge in [0, 0.05) is 6.54 Å². The maximum Gasteiger partial charge on any atom is 0.419 e. The Morgan fingerprint density at radius 2 is 1.45 bits per heavy atom. The van der Waals surface area contributed by atoms with Crippen LogP contribution in [0.15, 0.2) is 0 Å². The quantitative estimate of drug-likeness (QED) is 0.524. The first-order chi connectivity index (χ1) is 10.4. The molecule has 5 nitrogen and oxygen atoms in total. The summed E-state index contributed by atoms with van der Waals surface area (Å²) in [6.07, 6.45) is 7.29. The fraction of sp³-hybridized carbons (Fsp3) is 0.882. The van der Waals surface area contributed by atoms with Crippen molar-refractivity contribution < 1.29 is 19.1 Å². The van der Waals surface area contributed by atoms with Crippen molar-refractivity contribution in [1.82, 2.24) is 4.90 Å². The van der Waals surface area contributed by atoms with E-state index in [1.807, 2.05) is 20.8 Å². The maximum atomic E-state index is 12.1. The summed E-state index contributed by atoms with van der Waals surface area (Å²) in [5.74, 6) is 0. The molecule has 130 valence electrons. The Labute approximate surface area is 135 Å². The van der Waals surface area contributed by atoms with E-state index in [2.05, 4.69) is 11.7 Å². The van der Waals surface area contributed by atoms with Crippen LogP contribution >= 0.6 is 0 Å². The molecule has 0 bridgehead atoms. The molecule has 0 saturated heterocycles. The third kappa shape index (κ3) is 8.90. The first kappa shape index (κ1) is 20.7. The largest absolute Gasteiger partial charge is 0.452 e. The lowest BCUT2D eigenvalue weighted by atomic mass is 10.1. The second kappa shape index (κ2) is 11.3. The minimum atomic E-state index is -0.650.